The first-order valence-corrected chi connectivity index (χ1v) is 7.69. The second kappa shape index (κ2) is 7.06. The molecule has 0 amide bonds. The van der Waals surface area contributed by atoms with Crippen LogP contribution in [0.15, 0.2) is 24.3 Å². The summed E-state index contributed by atoms with van der Waals surface area (Å²) in [5, 5.41) is 0. The molecule has 0 aromatic heterocycles. The summed E-state index contributed by atoms with van der Waals surface area (Å²) in [7, 11) is 0. The summed E-state index contributed by atoms with van der Waals surface area (Å²) < 4.78 is 6.39. The van der Waals surface area contributed by atoms with Crippen LogP contribution in [0.1, 0.15) is 62.7 Å². The van der Waals surface area contributed by atoms with E-state index in [4.69, 9.17) is 10.5 Å². The van der Waals surface area contributed by atoms with Crippen molar-refractivity contribution >= 4 is 0 Å². The zero-order chi connectivity index (χ0) is 13.7. The highest BCUT2D eigenvalue weighted by Crippen LogP contribution is 2.30. The van der Waals surface area contributed by atoms with Crippen molar-refractivity contribution in [3.8, 4) is 0 Å². The fraction of sp³-hybridized carbons (Fsp3) is 0.647. The fourth-order valence-corrected chi connectivity index (χ4v) is 2.93. The van der Waals surface area contributed by atoms with Gasteiger partial charge in [0.05, 0.1) is 12.2 Å². The van der Waals surface area contributed by atoms with Gasteiger partial charge < -0.3 is 10.5 Å². The molecule has 0 saturated heterocycles. The Balaban J connectivity index is 2.13. The highest BCUT2D eigenvalue weighted by atomic mass is 16.5. The van der Waals surface area contributed by atoms with E-state index in [1.807, 2.05) is 0 Å². The minimum atomic E-state index is 0.0503. The van der Waals surface area contributed by atoms with Gasteiger partial charge in [0.15, 0.2) is 0 Å². The molecule has 106 valence electrons. The molecule has 1 aliphatic carbocycles. The molecule has 1 saturated carbocycles. The van der Waals surface area contributed by atoms with Gasteiger partial charge in [-0.05, 0) is 37.3 Å². The number of benzene rings is 1. The van der Waals surface area contributed by atoms with Crippen LogP contribution in [-0.4, -0.2) is 12.1 Å². The SMILES string of the molecule is CCC(N)C(OC1CCCCC1)c1ccccc1C. The number of nitrogens with two attached hydrogens (primary N) is 1. The van der Waals surface area contributed by atoms with Crippen LogP contribution in [0.4, 0.5) is 0 Å². The van der Waals surface area contributed by atoms with Crippen molar-refractivity contribution in [1.29, 1.82) is 0 Å². The number of hydrogen-bond acceptors (Lipinski definition) is 2. The maximum atomic E-state index is 6.39. The van der Waals surface area contributed by atoms with Crippen molar-refractivity contribution < 1.29 is 4.74 Å². The Morgan fingerprint density at radius 1 is 1.21 bits per heavy atom. The third-order valence-electron chi connectivity index (χ3n) is 4.25. The van der Waals surface area contributed by atoms with E-state index in [1.54, 1.807) is 0 Å². The second-order valence-electron chi connectivity index (χ2n) is 5.75. The minimum absolute atomic E-state index is 0.0503. The first-order chi connectivity index (χ1) is 9.22. The molecule has 2 atom stereocenters. The summed E-state index contributed by atoms with van der Waals surface area (Å²) in [6, 6.07) is 8.56. The van der Waals surface area contributed by atoms with Gasteiger partial charge in [0.25, 0.3) is 0 Å². The lowest BCUT2D eigenvalue weighted by atomic mass is 9.94. The normalized spacial score (nSPS) is 20.2. The second-order valence-corrected chi connectivity index (χ2v) is 5.75. The van der Waals surface area contributed by atoms with Gasteiger partial charge in [-0.25, -0.2) is 0 Å². The zero-order valence-electron chi connectivity index (χ0n) is 12.3. The van der Waals surface area contributed by atoms with Crippen LogP contribution in [-0.2, 0) is 4.74 Å². The number of aryl methyl sites for hydroxylation is 1. The summed E-state index contributed by atoms with van der Waals surface area (Å²) in [6.45, 7) is 4.29. The summed E-state index contributed by atoms with van der Waals surface area (Å²) in [5.74, 6) is 0. The van der Waals surface area contributed by atoms with Crippen LogP contribution >= 0.6 is 0 Å². The Bertz CT molecular complexity index is 385. The Labute approximate surface area is 117 Å². The van der Waals surface area contributed by atoms with Gasteiger partial charge >= 0.3 is 0 Å². The lowest BCUT2D eigenvalue weighted by molar-refractivity contribution is -0.0439. The topological polar surface area (TPSA) is 35.2 Å². The number of rotatable bonds is 5. The van der Waals surface area contributed by atoms with Crippen molar-refractivity contribution in [2.24, 2.45) is 5.73 Å². The van der Waals surface area contributed by atoms with Crippen LogP contribution < -0.4 is 5.73 Å². The van der Waals surface area contributed by atoms with Gasteiger partial charge in [-0.15, -0.1) is 0 Å². The van der Waals surface area contributed by atoms with E-state index in [1.165, 1.54) is 43.2 Å². The average molecular weight is 261 g/mol. The first-order valence-electron chi connectivity index (χ1n) is 7.69. The summed E-state index contributed by atoms with van der Waals surface area (Å²) in [4.78, 5) is 0. The number of hydrogen-bond donors (Lipinski definition) is 1. The molecule has 0 spiro atoms. The lowest BCUT2D eigenvalue weighted by Gasteiger charge is -2.31. The molecule has 0 aliphatic heterocycles. The van der Waals surface area contributed by atoms with Gasteiger partial charge in [-0.3, -0.25) is 0 Å². The molecule has 2 nitrogen and oxygen atoms in total. The zero-order valence-corrected chi connectivity index (χ0v) is 12.3. The third-order valence-corrected chi connectivity index (χ3v) is 4.25. The maximum absolute atomic E-state index is 6.39. The van der Waals surface area contributed by atoms with Crippen LogP contribution in [0.2, 0.25) is 0 Å². The Kier molecular flexibility index (Phi) is 5.41. The average Bonchev–Trinajstić information content (AvgIpc) is 2.46. The lowest BCUT2D eigenvalue weighted by Crippen LogP contribution is -2.33. The van der Waals surface area contributed by atoms with Gasteiger partial charge in [0.1, 0.15) is 0 Å². The molecule has 1 aliphatic rings. The van der Waals surface area contributed by atoms with Crippen molar-refractivity contribution in [2.75, 3.05) is 0 Å². The molecule has 1 aromatic rings. The van der Waals surface area contributed by atoms with Gasteiger partial charge in [-0.1, -0.05) is 50.5 Å². The molecular formula is C17H27NO. The van der Waals surface area contributed by atoms with Gasteiger partial charge in [0, 0.05) is 6.04 Å². The van der Waals surface area contributed by atoms with Crippen LogP contribution in [0.25, 0.3) is 0 Å². The van der Waals surface area contributed by atoms with Gasteiger partial charge in [0.2, 0.25) is 0 Å². The molecule has 2 N–H and O–H groups in total. The van der Waals surface area contributed by atoms with E-state index in [0.29, 0.717) is 6.10 Å². The Morgan fingerprint density at radius 2 is 1.89 bits per heavy atom. The smallest absolute Gasteiger partial charge is 0.0981 e. The molecule has 1 fully saturated rings. The monoisotopic (exact) mass is 261 g/mol. The van der Waals surface area contributed by atoms with Gasteiger partial charge in [-0.2, -0.15) is 0 Å². The summed E-state index contributed by atoms with van der Waals surface area (Å²) >= 11 is 0. The molecule has 1 aromatic carbocycles. The standard InChI is InChI=1S/C17H27NO/c1-3-16(18)17(15-12-8-7-9-13(15)2)19-14-10-5-4-6-11-14/h7-9,12,14,16-17H,3-6,10-11,18H2,1-2H3. The highest BCUT2D eigenvalue weighted by molar-refractivity contribution is 5.28. The molecule has 0 heterocycles. The van der Waals surface area contributed by atoms with E-state index in [2.05, 4.69) is 38.1 Å². The predicted octanol–water partition coefficient (Wildman–Crippen LogP) is 4.12. The minimum Gasteiger partial charge on any atom is -0.369 e. The Morgan fingerprint density at radius 3 is 2.53 bits per heavy atom. The maximum Gasteiger partial charge on any atom is 0.0981 e. The van der Waals surface area contributed by atoms with Crippen molar-refractivity contribution in [1.82, 2.24) is 0 Å². The Hall–Kier alpha value is -0.860. The van der Waals surface area contributed by atoms with E-state index in [-0.39, 0.29) is 12.1 Å². The number of ether oxygens (including phenoxy) is 1. The quantitative estimate of drug-likeness (QED) is 0.865. The molecule has 2 rings (SSSR count). The van der Waals surface area contributed by atoms with Crippen LogP contribution in [0.3, 0.4) is 0 Å². The van der Waals surface area contributed by atoms with Crippen LogP contribution in [0, 0.1) is 6.92 Å². The molecule has 0 radical (unpaired) electrons. The fourth-order valence-electron chi connectivity index (χ4n) is 2.93. The van der Waals surface area contributed by atoms with Crippen molar-refractivity contribution in [3.05, 3.63) is 35.4 Å². The molecule has 2 unspecified atom stereocenters. The summed E-state index contributed by atoms with van der Waals surface area (Å²) in [6.07, 6.45) is 7.74. The largest absolute Gasteiger partial charge is 0.369 e. The van der Waals surface area contributed by atoms with E-state index >= 15 is 0 Å². The van der Waals surface area contributed by atoms with E-state index in [9.17, 15) is 0 Å². The summed E-state index contributed by atoms with van der Waals surface area (Å²) in [5.41, 5.74) is 8.86. The third kappa shape index (κ3) is 3.80. The molecule has 0 bridgehead atoms. The highest BCUT2D eigenvalue weighted by Gasteiger charge is 2.25. The first kappa shape index (κ1) is 14.5. The van der Waals surface area contributed by atoms with Crippen molar-refractivity contribution in [3.63, 3.8) is 0 Å². The molecule has 2 heteroatoms. The molecule has 19 heavy (non-hydrogen) atoms. The van der Waals surface area contributed by atoms with E-state index < -0.39 is 0 Å². The molecular weight excluding hydrogens is 234 g/mol. The van der Waals surface area contributed by atoms with Crippen molar-refractivity contribution in [2.45, 2.75) is 70.6 Å². The van der Waals surface area contributed by atoms with E-state index in [0.717, 1.165) is 6.42 Å². The van der Waals surface area contributed by atoms with Crippen LogP contribution in [0.5, 0.6) is 0 Å². The predicted molar refractivity (Wildman–Crippen MR) is 80.1 cm³/mol.